The minimum atomic E-state index is 0.232. The maximum atomic E-state index is 9.07. The van der Waals surface area contributed by atoms with Crippen LogP contribution in [0.5, 0.6) is 5.88 Å². The maximum Gasteiger partial charge on any atom is 0.241 e. The van der Waals surface area contributed by atoms with Crippen molar-refractivity contribution in [3.63, 3.8) is 0 Å². The molecule has 4 rings (SSSR count). The summed E-state index contributed by atoms with van der Waals surface area (Å²) in [7, 11) is 0. The van der Waals surface area contributed by atoms with Gasteiger partial charge in [-0.25, -0.2) is 4.68 Å². The number of ether oxygens (including phenoxy) is 1. The lowest BCUT2D eigenvalue weighted by molar-refractivity contribution is 0.101. The lowest BCUT2D eigenvalue weighted by Gasteiger charge is -2.34. The summed E-state index contributed by atoms with van der Waals surface area (Å²) in [6, 6.07) is 20.3. The van der Waals surface area contributed by atoms with Gasteiger partial charge < -0.3 is 9.84 Å². The van der Waals surface area contributed by atoms with Gasteiger partial charge >= 0.3 is 0 Å². The van der Waals surface area contributed by atoms with Gasteiger partial charge in [-0.05, 0) is 17.7 Å². The predicted molar refractivity (Wildman–Crippen MR) is 114 cm³/mol. The second kappa shape index (κ2) is 9.69. The summed E-state index contributed by atoms with van der Waals surface area (Å²) in [4.78, 5) is 4.71. The van der Waals surface area contributed by atoms with Gasteiger partial charge in [-0.3, -0.25) is 9.80 Å². The number of aliphatic hydroxyl groups is 1. The van der Waals surface area contributed by atoms with Gasteiger partial charge in [-0.15, -0.1) is 5.10 Å². The first-order valence-electron chi connectivity index (χ1n) is 10.2. The molecular weight excluding hydrogens is 364 g/mol. The lowest BCUT2D eigenvalue weighted by atomic mass is 10.1. The Morgan fingerprint density at radius 2 is 1.45 bits per heavy atom. The Morgan fingerprint density at radius 1 is 0.828 bits per heavy atom. The highest BCUT2D eigenvalue weighted by Crippen LogP contribution is 2.30. The number of benzene rings is 2. The van der Waals surface area contributed by atoms with E-state index in [1.54, 1.807) is 0 Å². The molecule has 1 aliphatic heterocycles. The van der Waals surface area contributed by atoms with E-state index in [1.165, 1.54) is 0 Å². The molecule has 0 saturated carbocycles. The van der Waals surface area contributed by atoms with E-state index < -0.39 is 0 Å². The molecule has 0 amide bonds. The van der Waals surface area contributed by atoms with E-state index in [4.69, 9.17) is 14.9 Å². The van der Waals surface area contributed by atoms with Crippen LogP contribution in [0.3, 0.4) is 0 Å². The van der Waals surface area contributed by atoms with Gasteiger partial charge in [0.2, 0.25) is 5.88 Å². The zero-order valence-electron chi connectivity index (χ0n) is 16.7. The van der Waals surface area contributed by atoms with E-state index >= 15 is 0 Å². The van der Waals surface area contributed by atoms with Gasteiger partial charge in [0.1, 0.15) is 6.61 Å². The van der Waals surface area contributed by atoms with E-state index in [9.17, 15) is 0 Å². The number of hydrogen-bond acceptors (Lipinski definition) is 5. The first-order valence-corrected chi connectivity index (χ1v) is 10.2. The average molecular weight is 393 g/mol. The van der Waals surface area contributed by atoms with Crippen LogP contribution in [-0.2, 0) is 0 Å². The highest BCUT2D eigenvalue weighted by molar-refractivity contribution is 5.68. The molecule has 2 aromatic carbocycles. The molecule has 1 aromatic heterocycles. The van der Waals surface area contributed by atoms with Gasteiger partial charge in [-0.2, -0.15) is 0 Å². The number of rotatable bonds is 8. The number of piperazine rings is 1. The number of aliphatic hydroxyl groups excluding tert-OH is 1. The molecule has 0 radical (unpaired) electrons. The summed E-state index contributed by atoms with van der Waals surface area (Å²) >= 11 is 0. The third-order valence-corrected chi connectivity index (χ3v) is 5.31. The number of hydrogen-bond donors (Lipinski definition) is 1. The van der Waals surface area contributed by atoms with Crippen molar-refractivity contribution in [1.82, 2.24) is 19.6 Å². The largest absolute Gasteiger partial charge is 0.475 e. The zero-order chi connectivity index (χ0) is 19.9. The van der Waals surface area contributed by atoms with Crippen LogP contribution in [0.25, 0.3) is 16.8 Å². The molecule has 6 nitrogen and oxygen atoms in total. The van der Waals surface area contributed by atoms with E-state index in [1.807, 2.05) is 59.4 Å². The smallest absolute Gasteiger partial charge is 0.241 e. The van der Waals surface area contributed by atoms with Crippen molar-refractivity contribution in [1.29, 1.82) is 0 Å². The molecule has 1 saturated heterocycles. The van der Waals surface area contributed by atoms with Crippen LogP contribution in [0.2, 0.25) is 0 Å². The Morgan fingerprint density at radius 3 is 2.10 bits per heavy atom. The average Bonchev–Trinajstić information content (AvgIpc) is 3.21. The quantitative estimate of drug-likeness (QED) is 0.638. The Kier molecular flexibility index (Phi) is 6.56. The Labute approximate surface area is 171 Å². The molecule has 0 aliphatic carbocycles. The first kappa shape index (κ1) is 19.6. The minimum Gasteiger partial charge on any atom is -0.475 e. The van der Waals surface area contributed by atoms with E-state index in [0.717, 1.165) is 56.1 Å². The zero-order valence-corrected chi connectivity index (χ0v) is 16.7. The minimum absolute atomic E-state index is 0.232. The molecule has 1 aliphatic rings. The van der Waals surface area contributed by atoms with E-state index in [0.29, 0.717) is 12.5 Å². The van der Waals surface area contributed by atoms with Crippen molar-refractivity contribution in [3.05, 3.63) is 66.9 Å². The van der Waals surface area contributed by atoms with Crippen LogP contribution in [0, 0.1) is 0 Å². The molecule has 1 fully saturated rings. The summed E-state index contributed by atoms with van der Waals surface area (Å²) in [5, 5.41) is 13.8. The van der Waals surface area contributed by atoms with Gasteiger partial charge in [0, 0.05) is 45.5 Å². The number of nitrogens with zero attached hydrogens (tertiary/aromatic N) is 4. The van der Waals surface area contributed by atoms with Gasteiger partial charge in [0.15, 0.2) is 0 Å². The fourth-order valence-electron chi connectivity index (χ4n) is 3.64. The molecule has 0 unspecified atom stereocenters. The second-order valence-corrected chi connectivity index (χ2v) is 7.25. The second-order valence-electron chi connectivity index (χ2n) is 7.25. The Hall–Kier alpha value is -2.67. The number of aromatic nitrogens is 2. The van der Waals surface area contributed by atoms with Crippen LogP contribution in [0.4, 0.5) is 0 Å². The van der Waals surface area contributed by atoms with E-state index in [-0.39, 0.29) is 6.61 Å². The van der Waals surface area contributed by atoms with Crippen LogP contribution in [0.15, 0.2) is 66.9 Å². The normalized spacial score (nSPS) is 15.5. The van der Waals surface area contributed by atoms with Crippen molar-refractivity contribution in [2.75, 3.05) is 52.5 Å². The molecule has 152 valence electrons. The standard InChI is InChI=1S/C23H28N4O2/c28-17-15-25-11-13-26(14-12-25)16-18-29-23-22(20-7-3-1-4-8-20)19-27(24-23)21-9-5-2-6-10-21/h1-10,19,28H,11-18H2. The first-order chi connectivity index (χ1) is 14.3. The third-order valence-electron chi connectivity index (χ3n) is 5.31. The van der Waals surface area contributed by atoms with Crippen molar-refractivity contribution >= 4 is 0 Å². The summed E-state index contributed by atoms with van der Waals surface area (Å²) < 4.78 is 8.02. The maximum absolute atomic E-state index is 9.07. The molecule has 2 heterocycles. The van der Waals surface area contributed by atoms with Crippen LogP contribution < -0.4 is 4.74 Å². The molecular formula is C23H28N4O2. The van der Waals surface area contributed by atoms with Crippen LogP contribution >= 0.6 is 0 Å². The molecule has 3 aromatic rings. The highest BCUT2D eigenvalue weighted by atomic mass is 16.5. The molecule has 0 spiro atoms. The molecule has 29 heavy (non-hydrogen) atoms. The summed E-state index contributed by atoms with van der Waals surface area (Å²) in [5.41, 5.74) is 3.11. The van der Waals surface area contributed by atoms with Crippen LogP contribution in [0.1, 0.15) is 0 Å². The van der Waals surface area contributed by atoms with Crippen molar-refractivity contribution in [3.8, 4) is 22.7 Å². The molecule has 6 heteroatoms. The van der Waals surface area contributed by atoms with Crippen molar-refractivity contribution in [2.24, 2.45) is 0 Å². The predicted octanol–water partition coefficient (Wildman–Crippen LogP) is 2.53. The monoisotopic (exact) mass is 392 g/mol. The highest BCUT2D eigenvalue weighted by Gasteiger charge is 2.17. The van der Waals surface area contributed by atoms with Crippen molar-refractivity contribution < 1.29 is 9.84 Å². The Balaban J connectivity index is 1.43. The van der Waals surface area contributed by atoms with E-state index in [2.05, 4.69) is 21.9 Å². The number of para-hydroxylation sites is 1. The fourth-order valence-corrected chi connectivity index (χ4v) is 3.64. The Bertz CT molecular complexity index is 874. The SMILES string of the molecule is OCCN1CCN(CCOc2nn(-c3ccccc3)cc2-c2ccccc2)CC1. The van der Waals surface area contributed by atoms with Gasteiger partial charge in [-0.1, -0.05) is 48.5 Å². The number of β-amino-alcohol motifs (C(OH)–C–C–N with tert-alkyl or cyclic N) is 1. The lowest BCUT2D eigenvalue weighted by Crippen LogP contribution is -2.48. The summed E-state index contributed by atoms with van der Waals surface area (Å²) in [5.74, 6) is 0.666. The molecule has 0 bridgehead atoms. The third kappa shape index (κ3) is 5.03. The molecule has 1 N–H and O–H groups in total. The fraction of sp³-hybridized carbons (Fsp3) is 0.348. The molecule has 0 atom stereocenters. The topological polar surface area (TPSA) is 53.8 Å². The summed E-state index contributed by atoms with van der Waals surface area (Å²) in [6.07, 6.45) is 2.04. The van der Waals surface area contributed by atoms with Crippen molar-refractivity contribution in [2.45, 2.75) is 0 Å². The van der Waals surface area contributed by atoms with Gasteiger partial charge in [0.25, 0.3) is 0 Å². The van der Waals surface area contributed by atoms with Gasteiger partial charge in [0.05, 0.1) is 17.9 Å². The van der Waals surface area contributed by atoms with Crippen LogP contribution in [-0.4, -0.2) is 77.2 Å². The summed E-state index contributed by atoms with van der Waals surface area (Å²) in [6.45, 7) is 6.49.